The summed E-state index contributed by atoms with van der Waals surface area (Å²) in [5.41, 5.74) is 0. The SMILES string of the molecule is CCCNC(C1CCC1)C(OCC)C1CCCCC1. The third-order valence-electron chi connectivity index (χ3n) is 5.12. The molecule has 0 aromatic rings. The molecule has 112 valence electrons. The molecule has 2 atom stereocenters. The highest BCUT2D eigenvalue weighted by molar-refractivity contribution is 4.92. The Morgan fingerprint density at radius 3 is 2.16 bits per heavy atom. The molecule has 2 rings (SSSR count). The molecule has 2 saturated carbocycles. The van der Waals surface area contributed by atoms with Crippen molar-refractivity contribution < 1.29 is 4.74 Å². The normalized spacial score (nSPS) is 24.9. The largest absolute Gasteiger partial charge is 0.377 e. The second-order valence-electron chi connectivity index (χ2n) is 6.49. The van der Waals surface area contributed by atoms with E-state index >= 15 is 0 Å². The van der Waals surface area contributed by atoms with Crippen LogP contribution in [-0.4, -0.2) is 25.3 Å². The molecule has 0 radical (unpaired) electrons. The molecule has 2 aliphatic carbocycles. The maximum atomic E-state index is 6.24. The van der Waals surface area contributed by atoms with E-state index in [1.54, 1.807) is 0 Å². The van der Waals surface area contributed by atoms with Crippen LogP contribution in [0.5, 0.6) is 0 Å². The van der Waals surface area contributed by atoms with Crippen LogP contribution in [0.3, 0.4) is 0 Å². The summed E-state index contributed by atoms with van der Waals surface area (Å²) in [5.74, 6) is 1.69. The summed E-state index contributed by atoms with van der Waals surface area (Å²) < 4.78 is 6.24. The first-order chi connectivity index (χ1) is 9.36. The minimum Gasteiger partial charge on any atom is -0.377 e. The molecule has 0 heterocycles. The van der Waals surface area contributed by atoms with Crippen molar-refractivity contribution in [3.63, 3.8) is 0 Å². The molecule has 2 aliphatic rings. The van der Waals surface area contributed by atoms with Gasteiger partial charge in [0.05, 0.1) is 6.10 Å². The van der Waals surface area contributed by atoms with Gasteiger partial charge in [-0.3, -0.25) is 0 Å². The van der Waals surface area contributed by atoms with Crippen LogP contribution in [0.1, 0.15) is 71.6 Å². The van der Waals surface area contributed by atoms with Crippen LogP contribution in [0.25, 0.3) is 0 Å². The number of hydrogen-bond acceptors (Lipinski definition) is 2. The molecule has 2 heteroatoms. The zero-order chi connectivity index (χ0) is 13.5. The summed E-state index contributed by atoms with van der Waals surface area (Å²) in [5, 5.41) is 3.83. The highest BCUT2D eigenvalue weighted by atomic mass is 16.5. The lowest BCUT2D eigenvalue weighted by molar-refractivity contribution is -0.0408. The predicted molar refractivity (Wildman–Crippen MR) is 81.4 cm³/mol. The molecular weight excluding hydrogens is 234 g/mol. The zero-order valence-corrected chi connectivity index (χ0v) is 13.0. The highest BCUT2D eigenvalue weighted by Crippen LogP contribution is 2.37. The van der Waals surface area contributed by atoms with Crippen molar-refractivity contribution in [2.24, 2.45) is 11.8 Å². The summed E-state index contributed by atoms with van der Waals surface area (Å²) in [6.45, 7) is 6.45. The Labute approximate surface area is 119 Å². The third-order valence-corrected chi connectivity index (χ3v) is 5.12. The van der Waals surface area contributed by atoms with Gasteiger partial charge >= 0.3 is 0 Å². The Morgan fingerprint density at radius 2 is 1.63 bits per heavy atom. The topological polar surface area (TPSA) is 21.3 Å². The van der Waals surface area contributed by atoms with E-state index in [0.29, 0.717) is 12.1 Å². The molecule has 0 aromatic heterocycles. The molecular formula is C17H33NO. The fourth-order valence-corrected chi connectivity index (χ4v) is 3.85. The van der Waals surface area contributed by atoms with Crippen molar-refractivity contribution in [2.45, 2.75) is 83.8 Å². The van der Waals surface area contributed by atoms with Gasteiger partial charge < -0.3 is 10.1 Å². The molecule has 0 aromatic carbocycles. The summed E-state index contributed by atoms with van der Waals surface area (Å²) in [6.07, 6.45) is 13.0. The van der Waals surface area contributed by atoms with Gasteiger partial charge in [-0.1, -0.05) is 32.6 Å². The maximum Gasteiger partial charge on any atom is 0.0758 e. The third kappa shape index (κ3) is 4.19. The van der Waals surface area contributed by atoms with E-state index in [1.165, 1.54) is 57.8 Å². The predicted octanol–water partition coefficient (Wildman–Crippen LogP) is 4.14. The molecule has 0 bridgehead atoms. The molecule has 19 heavy (non-hydrogen) atoms. The molecule has 1 N–H and O–H groups in total. The Morgan fingerprint density at radius 1 is 0.947 bits per heavy atom. The zero-order valence-electron chi connectivity index (χ0n) is 13.0. The lowest BCUT2D eigenvalue weighted by Gasteiger charge is -2.43. The average Bonchev–Trinajstić information content (AvgIpc) is 2.40. The number of nitrogens with one attached hydrogen (secondary N) is 1. The van der Waals surface area contributed by atoms with Crippen LogP contribution in [-0.2, 0) is 4.74 Å². The van der Waals surface area contributed by atoms with E-state index in [4.69, 9.17) is 4.74 Å². The van der Waals surface area contributed by atoms with Crippen molar-refractivity contribution >= 4 is 0 Å². The molecule has 0 aliphatic heterocycles. The van der Waals surface area contributed by atoms with Crippen LogP contribution in [0, 0.1) is 11.8 Å². The van der Waals surface area contributed by atoms with Gasteiger partial charge in [0.2, 0.25) is 0 Å². The quantitative estimate of drug-likeness (QED) is 0.713. The summed E-state index contributed by atoms with van der Waals surface area (Å²) >= 11 is 0. The summed E-state index contributed by atoms with van der Waals surface area (Å²) in [7, 11) is 0. The second kappa shape index (κ2) is 8.26. The standard InChI is InChI=1S/C17H33NO/c1-3-13-18-16(14-11-8-12-14)17(19-4-2)15-9-6-5-7-10-15/h14-18H,3-13H2,1-2H3. The van der Waals surface area contributed by atoms with Crippen molar-refractivity contribution in [2.75, 3.05) is 13.2 Å². The van der Waals surface area contributed by atoms with Gasteiger partial charge in [-0.05, 0) is 57.4 Å². The average molecular weight is 267 g/mol. The minimum absolute atomic E-state index is 0.474. The first kappa shape index (κ1) is 15.3. The van der Waals surface area contributed by atoms with Crippen LogP contribution < -0.4 is 5.32 Å². The van der Waals surface area contributed by atoms with E-state index in [2.05, 4.69) is 19.2 Å². The first-order valence-corrected chi connectivity index (χ1v) is 8.71. The maximum absolute atomic E-state index is 6.24. The van der Waals surface area contributed by atoms with Gasteiger partial charge in [0.15, 0.2) is 0 Å². The van der Waals surface area contributed by atoms with Crippen LogP contribution >= 0.6 is 0 Å². The first-order valence-electron chi connectivity index (χ1n) is 8.71. The molecule has 2 fully saturated rings. The Bertz CT molecular complexity index is 233. The molecule has 0 amide bonds. The van der Waals surface area contributed by atoms with Crippen LogP contribution in [0.4, 0.5) is 0 Å². The fourth-order valence-electron chi connectivity index (χ4n) is 3.85. The number of rotatable bonds is 8. The number of ether oxygens (including phenoxy) is 1. The van der Waals surface area contributed by atoms with Gasteiger partial charge in [0.25, 0.3) is 0 Å². The second-order valence-corrected chi connectivity index (χ2v) is 6.49. The van der Waals surface area contributed by atoms with Crippen molar-refractivity contribution in [3.05, 3.63) is 0 Å². The van der Waals surface area contributed by atoms with E-state index in [0.717, 1.165) is 25.0 Å². The highest BCUT2D eigenvalue weighted by Gasteiger charge is 2.37. The lowest BCUT2D eigenvalue weighted by atomic mass is 9.72. The minimum atomic E-state index is 0.474. The summed E-state index contributed by atoms with van der Waals surface area (Å²) in [4.78, 5) is 0. The van der Waals surface area contributed by atoms with E-state index in [1.807, 2.05) is 0 Å². The smallest absolute Gasteiger partial charge is 0.0758 e. The monoisotopic (exact) mass is 267 g/mol. The van der Waals surface area contributed by atoms with E-state index < -0.39 is 0 Å². The summed E-state index contributed by atoms with van der Waals surface area (Å²) in [6, 6.07) is 0.622. The number of hydrogen-bond donors (Lipinski definition) is 1. The van der Waals surface area contributed by atoms with Gasteiger partial charge in [0.1, 0.15) is 0 Å². The lowest BCUT2D eigenvalue weighted by Crippen LogP contribution is -2.52. The Balaban J connectivity index is 1.98. The van der Waals surface area contributed by atoms with Gasteiger partial charge in [-0.25, -0.2) is 0 Å². The Hall–Kier alpha value is -0.0800. The van der Waals surface area contributed by atoms with Gasteiger partial charge in [-0.2, -0.15) is 0 Å². The van der Waals surface area contributed by atoms with E-state index in [9.17, 15) is 0 Å². The fraction of sp³-hybridized carbons (Fsp3) is 1.00. The Kier molecular flexibility index (Phi) is 6.66. The van der Waals surface area contributed by atoms with Crippen molar-refractivity contribution in [3.8, 4) is 0 Å². The molecule has 0 spiro atoms. The molecule has 0 saturated heterocycles. The van der Waals surface area contributed by atoms with Crippen molar-refractivity contribution in [1.29, 1.82) is 0 Å². The molecule has 2 nitrogen and oxygen atoms in total. The van der Waals surface area contributed by atoms with Crippen LogP contribution in [0.15, 0.2) is 0 Å². The molecule has 2 unspecified atom stereocenters. The van der Waals surface area contributed by atoms with Gasteiger partial charge in [-0.15, -0.1) is 0 Å². The van der Waals surface area contributed by atoms with Crippen molar-refractivity contribution in [1.82, 2.24) is 5.32 Å². The van der Waals surface area contributed by atoms with Gasteiger partial charge in [0, 0.05) is 12.6 Å². The van der Waals surface area contributed by atoms with E-state index in [-0.39, 0.29) is 0 Å². The van der Waals surface area contributed by atoms with Crippen LogP contribution in [0.2, 0.25) is 0 Å².